The molecule has 0 aliphatic heterocycles. The molecule has 0 aromatic heterocycles. The molecule has 0 heterocycles. The maximum atomic E-state index is 12.8. The summed E-state index contributed by atoms with van der Waals surface area (Å²) in [4.78, 5) is 25.6. The van der Waals surface area contributed by atoms with E-state index in [1.165, 1.54) is 20.4 Å². The molecule has 0 fully saturated rings. The van der Waals surface area contributed by atoms with Crippen LogP contribution in [-0.4, -0.2) is 32.2 Å². The van der Waals surface area contributed by atoms with Gasteiger partial charge in [0, 0.05) is 21.1 Å². The molecule has 0 aliphatic carbocycles. The molecule has 3 aromatic rings. The molecule has 3 aromatic carbocycles. The zero-order chi connectivity index (χ0) is 23.1. The zero-order valence-electron chi connectivity index (χ0n) is 17.2. The predicted molar refractivity (Wildman–Crippen MR) is 128 cm³/mol. The lowest BCUT2D eigenvalue weighted by molar-refractivity contribution is 0.0956. The number of carbonyl (C=O) groups excluding carboxylic acids is 2. The van der Waals surface area contributed by atoms with Gasteiger partial charge in [0.05, 0.1) is 31.7 Å². The van der Waals surface area contributed by atoms with Crippen LogP contribution in [0.15, 0.2) is 70.2 Å². The van der Waals surface area contributed by atoms with Gasteiger partial charge < -0.3 is 14.8 Å². The van der Waals surface area contributed by atoms with Crippen molar-refractivity contribution in [2.45, 2.75) is 0 Å². The van der Waals surface area contributed by atoms with Gasteiger partial charge in [-0.2, -0.15) is 5.10 Å². The van der Waals surface area contributed by atoms with Crippen LogP contribution in [0.25, 0.3) is 0 Å². The summed E-state index contributed by atoms with van der Waals surface area (Å²) in [6.07, 6.45) is 1.47. The first-order valence-corrected chi connectivity index (χ1v) is 10.5. The van der Waals surface area contributed by atoms with E-state index in [1.807, 2.05) is 0 Å². The second-order valence-corrected chi connectivity index (χ2v) is 7.85. The van der Waals surface area contributed by atoms with Crippen LogP contribution in [-0.2, 0) is 0 Å². The van der Waals surface area contributed by atoms with Crippen molar-refractivity contribution in [3.8, 4) is 11.5 Å². The van der Waals surface area contributed by atoms with E-state index < -0.39 is 11.8 Å². The Morgan fingerprint density at radius 1 is 0.969 bits per heavy atom. The second-order valence-electron chi connectivity index (χ2n) is 6.50. The number of hydrazone groups is 1. The monoisotopic (exact) mass is 515 g/mol. The topological polar surface area (TPSA) is 89.0 Å². The molecular formula is C23H19BrClN3O4. The molecule has 2 N–H and O–H groups in total. The standard InChI is InChI=1S/C23H19BrClN3O4/c1-31-18-9-15(10-19(12-18)32-2)22(29)27-21-7-6-16(24)11-20(21)23(30)28-26-13-14-4-3-5-17(25)8-14/h3-13H,1-2H3,(H,27,29)(H,28,30). The quantitative estimate of drug-likeness (QED) is 0.336. The largest absolute Gasteiger partial charge is 0.497 e. The molecule has 2 amide bonds. The van der Waals surface area contributed by atoms with E-state index in [4.69, 9.17) is 21.1 Å². The highest BCUT2D eigenvalue weighted by atomic mass is 79.9. The Balaban J connectivity index is 1.80. The Labute approximate surface area is 198 Å². The van der Waals surface area contributed by atoms with E-state index in [-0.39, 0.29) is 5.56 Å². The summed E-state index contributed by atoms with van der Waals surface area (Å²) in [5, 5.41) is 7.28. The normalized spacial score (nSPS) is 10.6. The maximum absolute atomic E-state index is 12.8. The molecular weight excluding hydrogens is 498 g/mol. The van der Waals surface area contributed by atoms with Crippen molar-refractivity contribution in [1.29, 1.82) is 0 Å². The SMILES string of the molecule is COc1cc(OC)cc(C(=O)Nc2ccc(Br)cc2C(=O)NN=Cc2cccc(Cl)c2)c1. The van der Waals surface area contributed by atoms with Crippen LogP contribution in [0.4, 0.5) is 5.69 Å². The first-order chi connectivity index (χ1) is 15.4. The minimum absolute atomic E-state index is 0.228. The highest BCUT2D eigenvalue weighted by Gasteiger charge is 2.16. The number of benzene rings is 3. The summed E-state index contributed by atoms with van der Waals surface area (Å²) in [6, 6.07) is 16.8. The average Bonchev–Trinajstić information content (AvgIpc) is 2.79. The van der Waals surface area contributed by atoms with E-state index in [9.17, 15) is 9.59 Å². The van der Waals surface area contributed by atoms with Gasteiger partial charge in [0.25, 0.3) is 11.8 Å². The van der Waals surface area contributed by atoms with Crippen LogP contribution in [0.3, 0.4) is 0 Å². The fourth-order valence-corrected chi connectivity index (χ4v) is 3.32. The van der Waals surface area contributed by atoms with Crippen LogP contribution in [0.5, 0.6) is 11.5 Å². The van der Waals surface area contributed by atoms with Crippen molar-refractivity contribution in [1.82, 2.24) is 5.43 Å². The van der Waals surface area contributed by atoms with Gasteiger partial charge in [0.1, 0.15) is 11.5 Å². The van der Waals surface area contributed by atoms with E-state index in [0.29, 0.717) is 32.2 Å². The molecule has 7 nitrogen and oxygen atoms in total. The summed E-state index contributed by atoms with van der Waals surface area (Å²) in [5.41, 5.74) is 4.05. The molecule has 9 heteroatoms. The molecule has 32 heavy (non-hydrogen) atoms. The van der Waals surface area contributed by atoms with Crippen molar-refractivity contribution >= 4 is 51.2 Å². The lowest BCUT2D eigenvalue weighted by atomic mass is 10.1. The third-order valence-corrected chi connectivity index (χ3v) is 5.04. The molecule has 0 saturated carbocycles. The molecule has 0 radical (unpaired) electrons. The fraction of sp³-hybridized carbons (Fsp3) is 0.0870. The van der Waals surface area contributed by atoms with Crippen LogP contribution in [0.1, 0.15) is 26.3 Å². The Morgan fingerprint density at radius 3 is 2.34 bits per heavy atom. The lowest BCUT2D eigenvalue weighted by Gasteiger charge is -2.12. The molecule has 0 aliphatic rings. The van der Waals surface area contributed by atoms with Gasteiger partial charge in [-0.1, -0.05) is 39.7 Å². The number of amides is 2. The number of anilines is 1. The Kier molecular flexibility index (Phi) is 7.86. The minimum Gasteiger partial charge on any atom is -0.497 e. The first kappa shape index (κ1) is 23.3. The Hall–Kier alpha value is -3.36. The van der Waals surface area contributed by atoms with Crippen LogP contribution in [0, 0.1) is 0 Å². The van der Waals surface area contributed by atoms with Crippen molar-refractivity contribution in [3.63, 3.8) is 0 Å². The lowest BCUT2D eigenvalue weighted by Crippen LogP contribution is -2.21. The number of hydrogen-bond donors (Lipinski definition) is 2. The highest BCUT2D eigenvalue weighted by molar-refractivity contribution is 9.10. The Morgan fingerprint density at radius 2 is 1.69 bits per heavy atom. The van der Waals surface area contributed by atoms with Crippen molar-refractivity contribution in [2.75, 3.05) is 19.5 Å². The van der Waals surface area contributed by atoms with Crippen molar-refractivity contribution < 1.29 is 19.1 Å². The molecule has 0 saturated heterocycles. The van der Waals surface area contributed by atoms with E-state index in [2.05, 4.69) is 31.8 Å². The summed E-state index contributed by atoms with van der Waals surface area (Å²) in [5.74, 6) is 0.0151. The fourth-order valence-electron chi connectivity index (χ4n) is 2.76. The Bertz CT molecular complexity index is 1160. The van der Waals surface area contributed by atoms with Crippen molar-refractivity contribution in [2.24, 2.45) is 5.10 Å². The molecule has 0 spiro atoms. The molecule has 3 rings (SSSR count). The van der Waals surface area contributed by atoms with Gasteiger partial charge in [0.15, 0.2) is 0 Å². The minimum atomic E-state index is -0.497. The van der Waals surface area contributed by atoms with Gasteiger partial charge in [-0.3, -0.25) is 9.59 Å². The van der Waals surface area contributed by atoms with Crippen LogP contribution >= 0.6 is 27.5 Å². The second kappa shape index (κ2) is 10.8. The summed E-state index contributed by atoms with van der Waals surface area (Å²) in [6.45, 7) is 0. The number of ether oxygens (including phenoxy) is 2. The molecule has 0 atom stereocenters. The maximum Gasteiger partial charge on any atom is 0.273 e. The molecule has 164 valence electrons. The van der Waals surface area contributed by atoms with Crippen LogP contribution in [0.2, 0.25) is 5.02 Å². The molecule has 0 unspecified atom stereocenters. The van der Waals surface area contributed by atoms with E-state index in [1.54, 1.807) is 60.7 Å². The van der Waals surface area contributed by atoms with Gasteiger partial charge in [0.2, 0.25) is 0 Å². The smallest absolute Gasteiger partial charge is 0.273 e. The third-order valence-electron chi connectivity index (χ3n) is 4.32. The predicted octanol–water partition coefficient (Wildman–Crippen LogP) is 5.14. The van der Waals surface area contributed by atoms with Gasteiger partial charge in [-0.25, -0.2) is 5.43 Å². The zero-order valence-corrected chi connectivity index (χ0v) is 19.5. The number of halogens is 2. The van der Waals surface area contributed by atoms with E-state index in [0.717, 1.165) is 5.56 Å². The number of nitrogens with one attached hydrogen (secondary N) is 2. The number of nitrogens with zero attached hydrogens (tertiary/aromatic N) is 1. The average molecular weight is 517 g/mol. The third kappa shape index (κ3) is 6.09. The van der Waals surface area contributed by atoms with Crippen molar-refractivity contribution in [3.05, 3.63) is 86.8 Å². The summed E-state index contributed by atoms with van der Waals surface area (Å²) >= 11 is 9.29. The first-order valence-electron chi connectivity index (χ1n) is 9.32. The van der Waals surface area contributed by atoms with E-state index >= 15 is 0 Å². The number of carbonyl (C=O) groups is 2. The number of hydrogen-bond acceptors (Lipinski definition) is 5. The number of rotatable bonds is 7. The highest BCUT2D eigenvalue weighted by Crippen LogP contribution is 2.25. The summed E-state index contributed by atoms with van der Waals surface area (Å²) < 4.78 is 11.1. The van der Waals surface area contributed by atoms with Crippen LogP contribution < -0.4 is 20.2 Å². The summed E-state index contributed by atoms with van der Waals surface area (Å²) in [7, 11) is 3.00. The molecule has 0 bridgehead atoms. The van der Waals surface area contributed by atoms with Gasteiger partial charge in [-0.05, 0) is 48.0 Å². The van der Waals surface area contributed by atoms with Gasteiger partial charge >= 0.3 is 0 Å². The van der Waals surface area contributed by atoms with Gasteiger partial charge in [-0.15, -0.1) is 0 Å². The number of methoxy groups -OCH3 is 2.